The molecule has 1 aliphatic heterocycles. The lowest BCUT2D eigenvalue weighted by molar-refractivity contribution is -0.385. The van der Waals surface area contributed by atoms with E-state index >= 15 is 0 Å². The number of nitro groups is 2. The molecule has 0 aromatic heterocycles. The second kappa shape index (κ2) is 23.1. The normalized spacial score (nSPS) is 11.3. The standard InChI is InChI=1S/C14H18N4O3.C14H20N4O.C9H9N3O2/c1-3-16(4-2)14(19)17(10-9-15)11-12-7-5-6-8-13(12)18(20)21;1-3-17(4-2)14(19)18-9-11-7-5-6-8-12(11)16-13(15)10-18;10-5-6-11-7-8-3-1-2-4-9(8)12(13)14/h5-8H,3-4,10-11H2,1-2H3;5-8H,3-4,9-10H2,1-2H3,(H2,15,16);1-4,11H,6-7H2. The number of aliphatic imine (C=N–C) groups is 1. The molecular formula is C37H47N11O6. The quantitative estimate of drug-likeness (QED) is 0.102. The predicted molar refractivity (Wildman–Crippen MR) is 204 cm³/mol. The minimum absolute atomic E-state index is 0.0138. The Morgan fingerprint density at radius 2 is 1.33 bits per heavy atom. The number of hydrogen-bond acceptors (Lipinski definition) is 11. The molecule has 1 heterocycles. The maximum absolute atomic E-state index is 12.4. The Kier molecular flexibility index (Phi) is 18.6. The van der Waals surface area contributed by atoms with Crippen LogP contribution in [0.4, 0.5) is 26.7 Å². The molecule has 0 unspecified atom stereocenters. The Bertz CT molecular complexity index is 1830. The molecule has 0 aliphatic carbocycles. The summed E-state index contributed by atoms with van der Waals surface area (Å²) in [7, 11) is 0. The number of nitrogens with one attached hydrogen (secondary N) is 1. The van der Waals surface area contributed by atoms with Crippen LogP contribution in [0, 0.1) is 42.9 Å². The van der Waals surface area contributed by atoms with Gasteiger partial charge in [0.25, 0.3) is 11.4 Å². The minimum atomic E-state index is -0.484. The van der Waals surface area contributed by atoms with Gasteiger partial charge in [-0.05, 0) is 39.3 Å². The van der Waals surface area contributed by atoms with E-state index < -0.39 is 9.85 Å². The van der Waals surface area contributed by atoms with Crippen molar-refractivity contribution in [3.63, 3.8) is 0 Å². The van der Waals surface area contributed by atoms with Crippen LogP contribution in [-0.2, 0) is 19.6 Å². The Labute approximate surface area is 315 Å². The van der Waals surface area contributed by atoms with Crippen LogP contribution in [0.25, 0.3) is 0 Å². The first-order chi connectivity index (χ1) is 25.9. The summed E-state index contributed by atoms with van der Waals surface area (Å²) >= 11 is 0. The van der Waals surface area contributed by atoms with E-state index in [-0.39, 0.29) is 43.1 Å². The molecule has 0 saturated heterocycles. The highest BCUT2D eigenvalue weighted by molar-refractivity contribution is 5.89. The third kappa shape index (κ3) is 13.2. The Morgan fingerprint density at radius 1 is 0.796 bits per heavy atom. The average molecular weight is 742 g/mol. The van der Waals surface area contributed by atoms with Gasteiger partial charge in [-0.15, -0.1) is 0 Å². The molecular weight excluding hydrogens is 694 g/mol. The average Bonchev–Trinajstić information content (AvgIpc) is 3.34. The third-order valence-electron chi connectivity index (χ3n) is 8.10. The van der Waals surface area contributed by atoms with E-state index in [1.165, 1.54) is 17.0 Å². The molecule has 0 fully saturated rings. The van der Waals surface area contributed by atoms with Gasteiger partial charge in [0.2, 0.25) is 0 Å². The molecule has 286 valence electrons. The molecule has 0 spiro atoms. The van der Waals surface area contributed by atoms with Crippen molar-refractivity contribution in [3.8, 4) is 12.1 Å². The summed E-state index contributed by atoms with van der Waals surface area (Å²) < 4.78 is 0. The van der Waals surface area contributed by atoms with Crippen molar-refractivity contribution < 1.29 is 19.4 Å². The van der Waals surface area contributed by atoms with Crippen LogP contribution in [0.5, 0.6) is 0 Å². The van der Waals surface area contributed by atoms with Gasteiger partial charge >= 0.3 is 12.1 Å². The van der Waals surface area contributed by atoms with Crippen molar-refractivity contribution in [1.29, 1.82) is 10.5 Å². The highest BCUT2D eigenvalue weighted by Crippen LogP contribution is 2.24. The van der Waals surface area contributed by atoms with Crippen LogP contribution < -0.4 is 11.1 Å². The van der Waals surface area contributed by atoms with Crippen molar-refractivity contribution in [1.82, 2.24) is 24.9 Å². The molecule has 0 saturated carbocycles. The first-order valence-electron chi connectivity index (χ1n) is 17.3. The summed E-state index contributed by atoms with van der Waals surface area (Å²) in [5, 5.41) is 41.5. The van der Waals surface area contributed by atoms with Gasteiger partial charge in [-0.1, -0.05) is 54.6 Å². The summed E-state index contributed by atoms with van der Waals surface area (Å²) in [5.74, 6) is 0.477. The van der Waals surface area contributed by atoms with Crippen molar-refractivity contribution in [2.75, 3.05) is 45.8 Å². The van der Waals surface area contributed by atoms with Crippen LogP contribution in [-0.4, -0.2) is 93.2 Å². The lowest BCUT2D eigenvalue weighted by Crippen LogP contribution is -2.45. The van der Waals surface area contributed by atoms with Gasteiger partial charge in [-0.2, -0.15) is 10.5 Å². The Hall–Kier alpha value is -6.59. The second-order valence-electron chi connectivity index (χ2n) is 11.5. The van der Waals surface area contributed by atoms with Crippen LogP contribution in [0.1, 0.15) is 44.4 Å². The SMILES string of the molecule is CCN(CC)C(=O)N(CC#N)Cc1ccccc1[N+](=O)[O-].CCN(CC)C(=O)N1CC(N)=Nc2ccccc2C1.N#CCNCc1ccccc1[N+](=O)[O-]. The van der Waals surface area contributed by atoms with Gasteiger partial charge in [-0.3, -0.25) is 20.2 Å². The number of nitriles is 2. The lowest BCUT2D eigenvalue weighted by Gasteiger charge is -2.28. The number of nitrogens with two attached hydrogens (primary N) is 1. The van der Waals surface area contributed by atoms with Crippen molar-refractivity contribution in [2.24, 2.45) is 10.7 Å². The number of urea groups is 2. The van der Waals surface area contributed by atoms with Crippen molar-refractivity contribution >= 4 is 35.0 Å². The number of nitrogens with zero attached hydrogens (tertiary/aromatic N) is 9. The number of hydrogen-bond donors (Lipinski definition) is 2. The van der Waals surface area contributed by atoms with E-state index in [4.69, 9.17) is 16.3 Å². The fourth-order valence-corrected chi connectivity index (χ4v) is 5.32. The molecule has 1 aliphatic rings. The van der Waals surface area contributed by atoms with E-state index in [1.54, 1.807) is 51.1 Å². The number of fused-ring (bicyclic) bond motifs is 1. The number of benzene rings is 3. The van der Waals surface area contributed by atoms with Gasteiger partial charge in [-0.25, -0.2) is 14.6 Å². The second-order valence-corrected chi connectivity index (χ2v) is 11.5. The first kappa shape index (κ1) is 43.6. The molecule has 4 amide bonds. The number of carbonyl (C=O) groups is 2. The van der Waals surface area contributed by atoms with Gasteiger partial charge in [0.1, 0.15) is 12.4 Å². The van der Waals surface area contributed by atoms with E-state index in [1.807, 2.05) is 64.1 Å². The zero-order chi connectivity index (χ0) is 40.0. The summed E-state index contributed by atoms with van der Waals surface area (Å²) in [5.41, 5.74) is 8.82. The molecule has 3 N–H and O–H groups in total. The maximum atomic E-state index is 12.4. The Morgan fingerprint density at radius 3 is 1.89 bits per heavy atom. The fourth-order valence-electron chi connectivity index (χ4n) is 5.32. The van der Waals surface area contributed by atoms with Crippen molar-refractivity contribution in [2.45, 2.75) is 47.3 Å². The van der Waals surface area contributed by atoms with Gasteiger partial charge in [0, 0.05) is 56.0 Å². The van der Waals surface area contributed by atoms with E-state index in [2.05, 4.69) is 10.3 Å². The third-order valence-corrected chi connectivity index (χ3v) is 8.10. The predicted octanol–water partition coefficient (Wildman–Crippen LogP) is 5.54. The zero-order valence-electron chi connectivity index (χ0n) is 31.1. The number of para-hydroxylation sites is 3. The van der Waals surface area contributed by atoms with E-state index in [0.717, 1.165) is 11.3 Å². The smallest absolute Gasteiger partial charge is 0.321 e. The van der Waals surface area contributed by atoms with E-state index in [9.17, 15) is 29.8 Å². The fraction of sp³-hybridized carbons (Fsp3) is 0.378. The molecule has 0 bridgehead atoms. The molecule has 17 heteroatoms. The molecule has 3 aromatic rings. The lowest BCUT2D eigenvalue weighted by atomic mass is 10.1. The largest absolute Gasteiger partial charge is 0.386 e. The van der Waals surface area contributed by atoms with Gasteiger partial charge in [0.05, 0.1) is 53.9 Å². The summed E-state index contributed by atoms with van der Waals surface area (Å²) in [6.07, 6.45) is 0. The summed E-state index contributed by atoms with van der Waals surface area (Å²) in [6, 6.07) is 24.0. The van der Waals surface area contributed by atoms with Crippen LogP contribution in [0.2, 0.25) is 0 Å². The summed E-state index contributed by atoms with van der Waals surface area (Å²) in [6.45, 7) is 11.5. The molecule has 54 heavy (non-hydrogen) atoms. The Balaban J connectivity index is 0.000000286. The van der Waals surface area contributed by atoms with Crippen LogP contribution in [0.15, 0.2) is 77.8 Å². The maximum Gasteiger partial charge on any atom is 0.321 e. The topological polar surface area (TPSA) is 231 Å². The minimum Gasteiger partial charge on any atom is -0.386 e. The first-order valence-corrected chi connectivity index (χ1v) is 17.3. The highest BCUT2D eigenvalue weighted by atomic mass is 16.6. The highest BCUT2D eigenvalue weighted by Gasteiger charge is 2.24. The number of amidine groups is 1. The number of nitro benzene ring substituents is 2. The van der Waals surface area contributed by atoms with Crippen molar-refractivity contribution in [3.05, 3.63) is 110 Å². The monoisotopic (exact) mass is 741 g/mol. The van der Waals surface area contributed by atoms with Crippen LogP contribution >= 0.6 is 0 Å². The molecule has 17 nitrogen and oxygen atoms in total. The number of amides is 4. The molecule has 4 rings (SSSR count). The molecule has 0 radical (unpaired) electrons. The number of carbonyl (C=O) groups excluding carboxylic acids is 2. The summed E-state index contributed by atoms with van der Waals surface area (Å²) in [4.78, 5) is 56.2. The molecule has 3 aromatic carbocycles. The van der Waals surface area contributed by atoms with E-state index in [0.29, 0.717) is 62.8 Å². The van der Waals surface area contributed by atoms with Gasteiger partial charge in [0.15, 0.2) is 0 Å². The van der Waals surface area contributed by atoms with Crippen LogP contribution in [0.3, 0.4) is 0 Å². The van der Waals surface area contributed by atoms with Gasteiger partial charge < -0.3 is 30.7 Å². The molecule has 0 atom stereocenters. The zero-order valence-corrected chi connectivity index (χ0v) is 31.1. The number of rotatable bonds is 12.